The van der Waals surface area contributed by atoms with E-state index in [2.05, 4.69) is 0 Å². The quantitative estimate of drug-likeness (QED) is 0.724. The molecule has 0 aromatic heterocycles. The molecule has 0 saturated carbocycles. The van der Waals surface area contributed by atoms with Crippen LogP contribution in [-0.4, -0.2) is 42.3 Å². The number of ether oxygens (including phenoxy) is 2. The average molecular weight is 271 g/mol. The molecule has 0 aromatic carbocycles. The van der Waals surface area contributed by atoms with Crippen LogP contribution in [0.3, 0.4) is 0 Å². The average Bonchev–Trinajstić information content (AvgIpc) is 2.70. The zero-order chi connectivity index (χ0) is 14.8. The van der Waals surface area contributed by atoms with Crippen LogP contribution in [0.25, 0.3) is 0 Å². The molecule has 0 bridgehead atoms. The van der Waals surface area contributed by atoms with Crippen LogP contribution in [0.5, 0.6) is 0 Å². The molecular weight excluding hydrogens is 246 g/mol. The van der Waals surface area contributed by atoms with Gasteiger partial charge in [0, 0.05) is 6.54 Å². The van der Waals surface area contributed by atoms with Crippen LogP contribution in [0.15, 0.2) is 0 Å². The maximum absolute atomic E-state index is 12.2. The smallest absolute Gasteiger partial charge is 0.410 e. The number of amides is 1. The Morgan fingerprint density at radius 1 is 1.26 bits per heavy atom. The highest BCUT2D eigenvalue weighted by Gasteiger charge is 2.44. The van der Waals surface area contributed by atoms with Crippen molar-refractivity contribution in [3.63, 3.8) is 0 Å². The highest BCUT2D eigenvalue weighted by molar-refractivity contribution is 5.76. The summed E-state index contributed by atoms with van der Waals surface area (Å²) in [5.74, 6) is -0.318. The fraction of sp³-hybridized carbons (Fsp3) is 0.857. The minimum absolute atomic E-state index is 0.151. The molecular formula is C14H25NO4. The Bertz CT molecular complexity index is 346. The Labute approximate surface area is 115 Å². The van der Waals surface area contributed by atoms with E-state index in [4.69, 9.17) is 9.47 Å². The SMILES string of the molecule is COC(=O)C1CCN(C(=O)OC(C)(C)C)C1C(C)C. The van der Waals surface area contributed by atoms with Gasteiger partial charge in [-0.3, -0.25) is 4.79 Å². The van der Waals surface area contributed by atoms with Crippen LogP contribution in [0, 0.1) is 11.8 Å². The normalized spacial score (nSPS) is 23.6. The van der Waals surface area contributed by atoms with Gasteiger partial charge < -0.3 is 14.4 Å². The molecule has 0 spiro atoms. The predicted octanol–water partition coefficient (Wildman–Crippen LogP) is 2.44. The van der Waals surface area contributed by atoms with Gasteiger partial charge in [0.2, 0.25) is 0 Å². The maximum atomic E-state index is 12.2. The van der Waals surface area contributed by atoms with E-state index in [0.717, 1.165) is 0 Å². The number of hydrogen-bond donors (Lipinski definition) is 0. The van der Waals surface area contributed by atoms with Crippen LogP contribution >= 0.6 is 0 Å². The van der Waals surface area contributed by atoms with E-state index in [1.165, 1.54) is 7.11 Å². The first-order valence-corrected chi connectivity index (χ1v) is 6.75. The largest absolute Gasteiger partial charge is 0.469 e. The van der Waals surface area contributed by atoms with Crippen molar-refractivity contribution in [3.05, 3.63) is 0 Å². The van der Waals surface area contributed by atoms with E-state index in [0.29, 0.717) is 13.0 Å². The van der Waals surface area contributed by atoms with Gasteiger partial charge >= 0.3 is 12.1 Å². The number of carbonyl (C=O) groups is 2. The second-order valence-electron chi connectivity index (χ2n) is 6.33. The van der Waals surface area contributed by atoms with Crippen LogP contribution in [0.2, 0.25) is 0 Å². The van der Waals surface area contributed by atoms with Gasteiger partial charge in [-0.1, -0.05) is 13.8 Å². The lowest BCUT2D eigenvalue weighted by Crippen LogP contribution is -2.45. The number of rotatable bonds is 2. The van der Waals surface area contributed by atoms with Gasteiger partial charge in [0.1, 0.15) is 5.60 Å². The number of likely N-dealkylation sites (tertiary alicyclic amines) is 1. The Balaban J connectivity index is 2.84. The van der Waals surface area contributed by atoms with Crippen molar-refractivity contribution in [2.45, 2.75) is 52.7 Å². The minimum Gasteiger partial charge on any atom is -0.469 e. The summed E-state index contributed by atoms with van der Waals surface area (Å²) in [5, 5.41) is 0. The molecule has 1 amide bonds. The molecule has 1 heterocycles. The summed E-state index contributed by atoms with van der Waals surface area (Å²) in [6.07, 6.45) is 0.284. The lowest BCUT2D eigenvalue weighted by molar-refractivity contribution is -0.146. The fourth-order valence-electron chi connectivity index (χ4n) is 2.58. The van der Waals surface area contributed by atoms with E-state index in [-0.39, 0.29) is 29.9 Å². The zero-order valence-corrected chi connectivity index (χ0v) is 12.7. The van der Waals surface area contributed by atoms with Gasteiger partial charge in [0.25, 0.3) is 0 Å². The topological polar surface area (TPSA) is 55.8 Å². The van der Waals surface area contributed by atoms with Gasteiger partial charge in [-0.05, 0) is 33.1 Å². The molecule has 2 unspecified atom stereocenters. The van der Waals surface area contributed by atoms with Gasteiger partial charge in [-0.2, -0.15) is 0 Å². The highest BCUT2D eigenvalue weighted by atomic mass is 16.6. The van der Waals surface area contributed by atoms with Gasteiger partial charge in [0.15, 0.2) is 0 Å². The van der Waals surface area contributed by atoms with Crippen molar-refractivity contribution in [2.75, 3.05) is 13.7 Å². The van der Waals surface area contributed by atoms with Crippen molar-refractivity contribution in [3.8, 4) is 0 Å². The number of esters is 1. The van der Waals surface area contributed by atoms with Crippen molar-refractivity contribution in [2.24, 2.45) is 11.8 Å². The summed E-state index contributed by atoms with van der Waals surface area (Å²) in [6.45, 7) is 10.1. The van der Waals surface area contributed by atoms with Crippen LogP contribution in [-0.2, 0) is 14.3 Å². The first-order chi connectivity index (χ1) is 8.67. The predicted molar refractivity (Wildman–Crippen MR) is 71.7 cm³/mol. The molecule has 0 aromatic rings. The number of nitrogens with zero attached hydrogens (tertiary/aromatic N) is 1. The minimum atomic E-state index is -0.526. The van der Waals surface area contributed by atoms with E-state index < -0.39 is 5.60 Å². The summed E-state index contributed by atoms with van der Waals surface area (Å²) in [4.78, 5) is 25.6. The Morgan fingerprint density at radius 3 is 2.26 bits per heavy atom. The molecule has 2 atom stereocenters. The zero-order valence-electron chi connectivity index (χ0n) is 12.7. The van der Waals surface area contributed by atoms with Crippen molar-refractivity contribution in [1.82, 2.24) is 4.90 Å². The molecule has 1 rings (SSSR count). The Hall–Kier alpha value is -1.26. The van der Waals surface area contributed by atoms with Crippen LogP contribution < -0.4 is 0 Å². The van der Waals surface area contributed by atoms with Crippen molar-refractivity contribution < 1.29 is 19.1 Å². The first-order valence-electron chi connectivity index (χ1n) is 6.75. The maximum Gasteiger partial charge on any atom is 0.410 e. The number of methoxy groups -OCH3 is 1. The van der Waals surface area contributed by atoms with Crippen molar-refractivity contribution >= 4 is 12.1 Å². The van der Waals surface area contributed by atoms with Crippen LogP contribution in [0.4, 0.5) is 4.79 Å². The molecule has 0 aliphatic carbocycles. The summed E-state index contributed by atoms with van der Waals surface area (Å²) < 4.78 is 10.2. The number of hydrogen-bond acceptors (Lipinski definition) is 4. The van der Waals surface area contributed by atoms with Gasteiger partial charge in [-0.25, -0.2) is 4.79 Å². The van der Waals surface area contributed by atoms with Crippen molar-refractivity contribution in [1.29, 1.82) is 0 Å². The summed E-state index contributed by atoms with van der Waals surface area (Å²) in [7, 11) is 1.38. The van der Waals surface area contributed by atoms with Gasteiger partial charge in [-0.15, -0.1) is 0 Å². The summed E-state index contributed by atoms with van der Waals surface area (Å²) in [6, 6.07) is -0.151. The van der Waals surface area contributed by atoms with E-state index in [9.17, 15) is 9.59 Å². The Kier molecular flexibility index (Phi) is 4.82. The molecule has 1 aliphatic rings. The lowest BCUT2D eigenvalue weighted by atomic mass is 9.91. The fourth-order valence-corrected chi connectivity index (χ4v) is 2.58. The monoisotopic (exact) mass is 271 g/mol. The molecule has 110 valence electrons. The third kappa shape index (κ3) is 3.85. The second kappa shape index (κ2) is 5.80. The summed E-state index contributed by atoms with van der Waals surface area (Å²) in [5.41, 5.74) is -0.526. The molecule has 1 aliphatic heterocycles. The standard InChI is InChI=1S/C14H25NO4/c1-9(2)11-10(12(16)18-6)7-8-15(11)13(17)19-14(3,4)5/h9-11H,7-8H2,1-6H3. The Morgan fingerprint density at radius 2 is 1.84 bits per heavy atom. The van der Waals surface area contributed by atoms with E-state index in [1.54, 1.807) is 4.90 Å². The third-order valence-corrected chi connectivity index (χ3v) is 3.27. The molecule has 1 fully saturated rings. The highest BCUT2D eigenvalue weighted by Crippen LogP contribution is 2.31. The number of carbonyl (C=O) groups excluding carboxylic acids is 2. The second-order valence-corrected chi connectivity index (χ2v) is 6.33. The van der Waals surface area contributed by atoms with Crippen LogP contribution in [0.1, 0.15) is 41.0 Å². The summed E-state index contributed by atoms with van der Waals surface area (Å²) >= 11 is 0. The molecule has 0 radical (unpaired) electrons. The first kappa shape index (κ1) is 15.8. The van der Waals surface area contributed by atoms with E-state index >= 15 is 0 Å². The van der Waals surface area contributed by atoms with Gasteiger partial charge in [0.05, 0.1) is 19.1 Å². The molecule has 5 nitrogen and oxygen atoms in total. The molecule has 1 saturated heterocycles. The third-order valence-electron chi connectivity index (χ3n) is 3.27. The van der Waals surface area contributed by atoms with E-state index in [1.807, 2.05) is 34.6 Å². The molecule has 5 heteroatoms. The molecule has 0 N–H and O–H groups in total. The molecule has 19 heavy (non-hydrogen) atoms. The lowest BCUT2D eigenvalue weighted by Gasteiger charge is -2.32.